The maximum Gasteiger partial charge on any atom is 0.323 e. The molecule has 2 aromatic rings. The largest absolute Gasteiger partial charge is 0.497 e. The van der Waals surface area contributed by atoms with Crippen molar-refractivity contribution in [2.24, 2.45) is 0 Å². The van der Waals surface area contributed by atoms with Crippen LogP contribution in [0.4, 0.5) is 5.69 Å². The maximum absolute atomic E-state index is 13.2. The van der Waals surface area contributed by atoms with Crippen molar-refractivity contribution in [1.29, 1.82) is 0 Å². The van der Waals surface area contributed by atoms with Gasteiger partial charge in [-0.15, -0.1) is 11.3 Å². The molecular formula is C27H27N3O11S4. The average molecular weight is 698 g/mol. The lowest BCUT2D eigenvalue weighted by molar-refractivity contribution is -0.140. The number of hydrogen-bond donors (Lipinski definition) is 3. The van der Waals surface area contributed by atoms with Gasteiger partial charge < -0.3 is 24.6 Å². The molecule has 1 aromatic heterocycles. The summed E-state index contributed by atoms with van der Waals surface area (Å²) in [5.74, 6) is -2.33. The third-order valence-electron chi connectivity index (χ3n) is 6.43. The number of thiocarbonyl (C=S) groups is 1. The van der Waals surface area contributed by atoms with E-state index in [0.717, 1.165) is 32.6 Å². The molecule has 1 aromatic carbocycles. The first-order valence-corrected chi connectivity index (χ1v) is 16.8. The molecule has 0 spiro atoms. The van der Waals surface area contributed by atoms with Crippen LogP contribution in [0.25, 0.3) is 11.0 Å². The second kappa shape index (κ2) is 14.0. The predicted molar refractivity (Wildman–Crippen MR) is 171 cm³/mol. The van der Waals surface area contributed by atoms with Crippen LogP contribution < -0.4 is 29.1 Å². The topological polar surface area (TPSA) is 193 Å². The molecule has 14 nitrogen and oxygen atoms in total. The number of allylic oxidation sites excluding steroid dienone is 3. The molecule has 4 rings (SSSR count). The van der Waals surface area contributed by atoms with Crippen LogP contribution >= 0.6 is 35.3 Å². The second-order valence-corrected chi connectivity index (χ2v) is 13.7. The first-order chi connectivity index (χ1) is 21.2. The van der Waals surface area contributed by atoms with E-state index in [2.05, 4.69) is 0 Å². The minimum absolute atomic E-state index is 0.0268. The molecule has 240 valence electrons. The van der Waals surface area contributed by atoms with Gasteiger partial charge in [0.25, 0.3) is 21.6 Å². The first-order valence-electron chi connectivity index (χ1n) is 13.1. The van der Waals surface area contributed by atoms with Gasteiger partial charge in [-0.3, -0.25) is 33.2 Å². The Balaban J connectivity index is 1.76. The van der Waals surface area contributed by atoms with E-state index >= 15 is 0 Å². The average Bonchev–Trinajstić information content (AvgIpc) is 3.57. The highest BCUT2D eigenvalue weighted by Gasteiger charge is 2.35. The van der Waals surface area contributed by atoms with E-state index in [4.69, 9.17) is 26.8 Å². The van der Waals surface area contributed by atoms with Crippen molar-refractivity contribution in [2.75, 3.05) is 30.9 Å². The number of carbonyl (C=O) groups excluding carboxylic acids is 1. The van der Waals surface area contributed by atoms with Gasteiger partial charge in [-0.1, -0.05) is 43.1 Å². The van der Waals surface area contributed by atoms with E-state index in [0.29, 0.717) is 35.1 Å². The molecule has 0 aliphatic carbocycles. The smallest absolute Gasteiger partial charge is 0.323 e. The number of aromatic nitrogens is 1. The van der Waals surface area contributed by atoms with Crippen molar-refractivity contribution in [3.8, 4) is 11.5 Å². The number of thioether (sulfide) groups is 1. The molecule has 1 amide bonds. The van der Waals surface area contributed by atoms with Gasteiger partial charge in [-0.25, -0.2) is 0 Å². The van der Waals surface area contributed by atoms with E-state index in [1.807, 2.05) is 6.92 Å². The number of methoxy groups -OCH3 is 1. The van der Waals surface area contributed by atoms with Crippen molar-refractivity contribution in [3.63, 3.8) is 0 Å². The summed E-state index contributed by atoms with van der Waals surface area (Å²) in [4.78, 5) is 51.5. The summed E-state index contributed by atoms with van der Waals surface area (Å²) >= 11 is 6.79. The molecule has 0 atom stereocenters. The monoisotopic (exact) mass is 697 g/mol. The molecule has 1 fully saturated rings. The van der Waals surface area contributed by atoms with Crippen LogP contribution in [0.1, 0.15) is 19.8 Å². The van der Waals surface area contributed by atoms with Crippen LogP contribution in [0.2, 0.25) is 0 Å². The van der Waals surface area contributed by atoms with Gasteiger partial charge in [0, 0.05) is 18.2 Å². The summed E-state index contributed by atoms with van der Waals surface area (Å²) < 4.78 is 44.4. The summed E-state index contributed by atoms with van der Waals surface area (Å²) in [5.41, 5.74) is 0.634. The fourth-order valence-electron chi connectivity index (χ4n) is 4.43. The molecule has 2 aliphatic heterocycles. The number of hydrogen-bond acceptors (Lipinski definition) is 12. The molecule has 0 bridgehead atoms. The van der Waals surface area contributed by atoms with Gasteiger partial charge in [0.15, 0.2) is 5.75 Å². The fourth-order valence-corrected chi connectivity index (χ4v) is 7.39. The summed E-state index contributed by atoms with van der Waals surface area (Å²) in [5, 5.41) is 18.5. The number of nitrogens with zero attached hydrogens (tertiary/aromatic N) is 3. The van der Waals surface area contributed by atoms with E-state index in [1.165, 1.54) is 13.2 Å². The summed E-state index contributed by atoms with van der Waals surface area (Å²) in [6.45, 7) is 0.647. The zero-order valence-corrected chi connectivity index (χ0v) is 27.1. The van der Waals surface area contributed by atoms with Crippen molar-refractivity contribution < 1.29 is 47.0 Å². The van der Waals surface area contributed by atoms with Crippen molar-refractivity contribution in [1.82, 2.24) is 9.47 Å². The minimum atomic E-state index is -4.18. The number of benzene rings is 1. The number of thiazole rings is 1. The van der Waals surface area contributed by atoms with Crippen molar-refractivity contribution in [2.45, 2.75) is 26.3 Å². The SMILES string of the molecule is CCC(/C=C/C=c1\s/c(=C2\SC(=S)N(CC(=O)O)C2=O)n(CC(=O)O)c1=O)=C1\Oc2ccc(OC)cc2N1CCCS(=O)(=O)O. The summed E-state index contributed by atoms with van der Waals surface area (Å²) in [7, 11) is -2.68. The van der Waals surface area contributed by atoms with Crippen LogP contribution in [0, 0.1) is 0 Å². The number of carboxylic acids is 2. The van der Waals surface area contributed by atoms with Crippen LogP contribution in [0.3, 0.4) is 0 Å². The van der Waals surface area contributed by atoms with Crippen molar-refractivity contribution >= 4 is 84.3 Å². The van der Waals surface area contributed by atoms with Crippen LogP contribution in [-0.2, 0) is 31.0 Å². The van der Waals surface area contributed by atoms with E-state index in [9.17, 15) is 37.3 Å². The molecule has 3 heterocycles. The van der Waals surface area contributed by atoms with Gasteiger partial charge in [0.1, 0.15) is 32.7 Å². The standard InChI is InChI=1S/C27H27N3O11S4/c1-3-15(25-28(10-5-11-45(37,38)39)17-12-16(40-2)8-9-18(17)41-25)6-4-7-19-23(35)29(13-20(31)32)26(43-19)22-24(36)30(14-21(33)34)27(42)44-22/h4,6-9,12H,3,5,10-11,13-14H2,1-2H3,(H,31,32)(H,33,34)(H,37,38,39)/b6-4+,19-7-,25-15+,26-22-. The third kappa shape index (κ3) is 7.82. The highest BCUT2D eigenvalue weighted by atomic mass is 32.2. The number of carboxylic acid groups (broad SMARTS) is 2. The number of aliphatic carboxylic acids is 2. The Morgan fingerprint density at radius 1 is 1.13 bits per heavy atom. The molecule has 0 unspecified atom stereocenters. The van der Waals surface area contributed by atoms with Crippen LogP contribution in [-0.4, -0.2) is 80.8 Å². The molecule has 2 aliphatic rings. The Morgan fingerprint density at radius 3 is 2.47 bits per heavy atom. The van der Waals surface area contributed by atoms with Crippen LogP contribution in [0.5, 0.6) is 11.5 Å². The molecule has 3 N–H and O–H groups in total. The van der Waals surface area contributed by atoms with E-state index in [1.54, 1.807) is 35.3 Å². The predicted octanol–water partition coefficient (Wildman–Crippen LogP) is 1.19. The van der Waals surface area contributed by atoms with Crippen LogP contribution in [0.15, 0.2) is 46.6 Å². The number of anilines is 1. The van der Waals surface area contributed by atoms with Gasteiger partial charge >= 0.3 is 11.9 Å². The Hall–Kier alpha value is -3.97. The summed E-state index contributed by atoms with van der Waals surface area (Å²) in [6, 6.07) is 5.16. The highest BCUT2D eigenvalue weighted by molar-refractivity contribution is 8.30. The number of ether oxygens (including phenoxy) is 2. The Bertz CT molecular complexity index is 1930. The first kappa shape index (κ1) is 33.9. The Kier molecular flexibility index (Phi) is 10.5. The zero-order chi connectivity index (χ0) is 33.1. The van der Waals surface area contributed by atoms with Gasteiger partial charge in [0.2, 0.25) is 5.88 Å². The molecule has 0 saturated carbocycles. The van der Waals surface area contributed by atoms with Gasteiger partial charge in [-0.05, 0) is 31.1 Å². The fraction of sp³-hybridized carbons (Fsp3) is 0.296. The molecule has 45 heavy (non-hydrogen) atoms. The lowest BCUT2D eigenvalue weighted by atomic mass is 10.1. The van der Waals surface area contributed by atoms with E-state index < -0.39 is 52.4 Å². The van der Waals surface area contributed by atoms with Crippen molar-refractivity contribution in [3.05, 3.63) is 61.4 Å². The summed E-state index contributed by atoms with van der Waals surface area (Å²) in [6.07, 6.45) is 5.25. The van der Waals surface area contributed by atoms with Gasteiger partial charge in [-0.2, -0.15) is 8.42 Å². The molecule has 18 heteroatoms. The quantitative estimate of drug-likeness (QED) is 0.212. The number of amides is 1. The normalized spacial score (nSPS) is 17.7. The maximum atomic E-state index is 13.2. The Labute approximate surface area is 269 Å². The lowest BCUT2D eigenvalue weighted by Crippen LogP contribution is -2.36. The number of rotatable bonds is 12. The lowest BCUT2D eigenvalue weighted by Gasteiger charge is -2.20. The highest BCUT2D eigenvalue weighted by Crippen LogP contribution is 2.42. The molecular weight excluding hydrogens is 671 g/mol. The number of carbonyl (C=O) groups is 3. The third-order valence-corrected chi connectivity index (χ3v) is 9.95. The molecule has 1 saturated heterocycles. The Morgan fingerprint density at radius 2 is 1.84 bits per heavy atom. The second-order valence-electron chi connectivity index (χ2n) is 9.48. The zero-order valence-electron chi connectivity index (χ0n) is 23.8. The van der Waals surface area contributed by atoms with Gasteiger partial charge in [0.05, 0.1) is 23.1 Å². The number of fused-ring (bicyclic) bond motifs is 1. The minimum Gasteiger partial charge on any atom is -0.497 e. The van der Waals surface area contributed by atoms with E-state index in [-0.39, 0.29) is 31.4 Å². The molecule has 0 radical (unpaired) electrons.